The van der Waals surface area contributed by atoms with Crippen molar-refractivity contribution in [3.05, 3.63) is 5.82 Å². The molecule has 0 aliphatic rings. The molecular weight excluding hydrogens is 320 g/mol. The molecule has 0 saturated heterocycles. The Labute approximate surface area is 138 Å². The van der Waals surface area contributed by atoms with Crippen LogP contribution in [0, 0.1) is 0 Å². The Morgan fingerprint density at radius 2 is 1.95 bits per heavy atom. The van der Waals surface area contributed by atoms with E-state index in [0.717, 1.165) is 36.8 Å². The molecule has 0 N–H and O–H groups in total. The molecule has 1 aromatic rings. The minimum Gasteiger partial charge on any atom is -0.305 e. The second-order valence-corrected chi connectivity index (χ2v) is 9.03. The van der Waals surface area contributed by atoms with E-state index in [1.807, 2.05) is 14.1 Å². The highest BCUT2D eigenvalue weighted by Crippen LogP contribution is 2.25. The van der Waals surface area contributed by atoms with Gasteiger partial charge in [-0.15, -0.1) is 10.2 Å². The second-order valence-electron chi connectivity index (χ2n) is 5.71. The summed E-state index contributed by atoms with van der Waals surface area (Å²) in [4.78, 5) is 2.15. The van der Waals surface area contributed by atoms with Crippen LogP contribution in [0.15, 0.2) is 5.16 Å². The fourth-order valence-electron chi connectivity index (χ4n) is 2.24. The predicted molar refractivity (Wildman–Crippen MR) is 92.1 cm³/mol. The molecule has 0 aromatic carbocycles. The van der Waals surface area contributed by atoms with E-state index in [-0.39, 0.29) is 11.8 Å². The first kappa shape index (κ1) is 19.4. The van der Waals surface area contributed by atoms with Gasteiger partial charge in [0.25, 0.3) is 0 Å². The van der Waals surface area contributed by atoms with Gasteiger partial charge in [0.2, 0.25) is 0 Å². The lowest BCUT2D eigenvalue weighted by Gasteiger charge is -2.23. The van der Waals surface area contributed by atoms with Gasteiger partial charge in [0, 0.05) is 18.6 Å². The van der Waals surface area contributed by atoms with Crippen molar-refractivity contribution in [1.29, 1.82) is 0 Å². The highest BCUT2D eigenvalue weighted by atomic mass is 32.2. The number of nitrogens with zero attached hydrogens (tertiary/aromatic N) is 4. The van der Waals surface area contributed by atoms with Crippen molar-refractivity contribution >= 4 is 21.6 Å². The number of sulfone groups is 1. The largest absolute Gasteiger partial charge is 0.305 e. The van der Waals surface area contributed by atoms with E-state index in [0.29, 0.717) is 5.75 Å². The number of unbranched alkanes of at least 4 members (excludes halogenated alkanes) is 1. The minimum absolute atomic E-state index is 0.165. The summed E-state index contributed by atoms with van der Waals surface area (Å²) in [6, 6.07) is 0.230. The van der Waals surface area contributed by atoms with Gasteiger partial charge >= 0.3 is 0 Å². The zero-order chi connectivity index (χ0) is 16.8. The number of thioether (sulfide) groups is 1. The van der Waals surface area contributed by atoms with Crippen LogP contribution in [-0.2, 0) is 16.4 Å². The molecule has 8 heteroatoms. The summed E-state index contributed by atoms with van der Waals surface area (Å²) in [7, 11) is 1.15. The minimum atomic E-state index is -2.94. The van der Waals surface area contributed by atoms with E-state index in [4.69, 9.17) is 0 Å². The Morgan fingerprint density at radius 3 is 2.45 bits per heavy atom. The van der Waals surface area contributed by atoms with Crippen molar-refractivity contribution in [3.8, 4) is 0 Å². The summed E-state index contributed by atoms with van der Waals surface area (Å²) in [6.45, 7) is 5.17. The Balaban J connectivity index is 2.94. The molecule has 0 fully saturated rings. The van der Waals surface area contributed by atoms with Gasteiger partial charge in [-0.05, 0) is 26.9 Å². The third-order valence-corrected chi connectivity index (χ3v) is 5.65. The lowest BCUT2D eigenvalue weighted by Crippen LogP contribution is -2.23. The SMILES string of the molecule is CCCCn1c(SCCS(C)(=O)=O)nnc1C(CC)N(C)C. The molecule has 1 atom stereocenters. The topological polar surface area (TPSA) is 68.1 Å². The molecule has 0 amide bonds. The molecule has 0 spiro atoms. The van der Waals surface area contributed by atoms with Crippen molar-refractivity contribution in [2.45, 2.75) is 50.9 Å². The Bertz CT molecular complexity index is 555. The highest BCUT2D eigenvalue weighted by Gasteiger charge is 2.21. The van der Waals surface area contributed by atoms with Crippen LogP contribution in [-0.4, -0.2) is 59.9 Å². The quantitative estimate of drug-likeness (QED) is 0.604. The van der Waals surface area contributed by atoms with Crippen LogP contribution >= 0.6 is 11.8 Å². The molecule has 1 unspecified atom stereocenters. The first-order valence-corrected chi connectivity index (χ1v) is 10.7. The van der Waals surface area contributed by atoms with Crippen LogP contribution in [0.2, 0.25) is 0 Å². The molecule has 6 nitrogen and oxygen atoms in total. The Morgan fingerprint density at radius 1 is 1.27 bits per heavy atom. The van der Waals surface area contributed by atoms with Crippen molar-refractivity contribution < 1.29 is 8.42 Å². The van der Waals surface area contributed by atoms with E-state index in [1.165, 1.54) is 18.0 Å². The summed E-state index contributed by atoms with van der Waals surface area (Å²) < 4.78 is 24.7. The van der Waals surface area contributed by atoms with Gasteiger partial charge in [-0.1, -0.05) is 32.0 Å². The van der Waals surface area contributed by atoms with Gasteiger partial charge in [-0.2, -0.15) is 0 Å². The van der Waals surface area contributed by atoms with Gasteiger partial charge in [0.15, 0.2) is 11.0 Å². The Hall–Kier alpha value is -0.600. The van der Waals surface area contributed by atoms with E-state index in [2.05, 4.69) is 33.5 Å². The van der Waals surface area contributed by atoms with E-state index in [1.54, 1.807) is 0 Å². The van der Waals surface area contributed by atoms with Gasteiger partial charge < -0.3 is 4.57 Å². The fraction of sp³-hybridized carbons (Fsp3) is 0.857. The van der Waals surface area contributed by atoms with Gasteiger partial charge in [-0.3, -0.25) is 4.90 Å². The van der Waals surface area contributed by atoms with E-state index >= 15 is 0 Å². The monoisotopic (exact) mass is 348 g/mol. The number of rotatable bonds is 10. The van der Waals surface area contributed by atoms with Crippen molar-refractivity contribution in [2.24, 2.45) is 0 Å². The number of aromatic nitrogens is 3. The zero-order valence-electron chi connectivity index (χ0n) is 14.2. The van der Waals surface area contributed by atoms with Crippen LogP contribution in [0.3, 0.4) is 0 Å². The zero-order valence-corrected chi connectivity index (χ0v) is 15.9. The van der Waals surface area contributed by atoms with Gasteiger partial charge in [-0.25, -0.2) is 8.42 Å². The van der Waals surface area contributed by atoms with Gasteiger partial charge in [0.1, 0.15) is 9.84 Å². The second kappa shape index (κ2) is 8.88. The maximum atomic E-state index is 11.3. The van der Waals surface area contributed by atoms with Crippen molar-refractivity contribution in [3.63, 3.8) is 0 Å². The van der Waals surface area contributed by atoms with E-state index < -0.39 is 9.84 Å². The average Bonchev–Trinajstić information content (AvgIpc) is 2.78. The molecule has 128 valence electrons. The lowest BCUT2D eigenvalue weighted by atomic mass is 10.2. The lowest BCUT2D eigenvalue weighted by molar-refractivity contribution is 0.270. The summed E-state index contributed by atoms with van der Waals surface area (Å²) in [5.41, 5.74) is 0. The van der Waals surface area contributed by atoms with E-state index in [9.17, 15) is 8.42 Å². The third-order valence-electron chi connectivity index (χ3n) is 3.47. The molecule has 0 radical (unpaired) electrons. The molecule has 0 saturated carbocycles. The number of hydrogen-bond acceptors (Lipinski definition) is 6. The Kier molecular flexibility index (Phi) is 7.85. The molecule has 1 aromatic heterocycles. The van der Waals surface area contributed by atoms with Crippen molar-refractivity contribution in [2.75, 3.05) is 31.9 Å². The average molecular weight is 349 g/mol. The maximum absolute atomic E-state index is 11.3. The number of hydrogen-bond donors (Lipinski definition) is 0. The molecular formula is C14H28N4O2S2. The molecule has 1 rings (SSSR count). The first-order valence-electron chi connectivity index (χ1n) is 7.70. The maximum Gasteiger partial charge on any atom is 0.191 e. The highest BCUT2D eigenvalue weighted by molar-refractivity contribution is 8.00. The fourth-order valence-corrected chi connectivity index (χ4v) is 4.41. The molecule has 0 aliphatic carbocycles. The first-order chi connectivity index (χ1) is 10.3. The summed E-state index contributed by atoms with van der Waals surface area (Å²) in [6.07, 6.45) is 4.39. The van der Waals surface area contributed by atoms with Gasteiger partial charge in [0.05, 0.1) is 11.8 Å². The van der Waals surface area contributed by atoms with Crippen molar-refractivity contribution in [1.82, 2.24) is 19.7 Å². The normalized spacial score (nSPS) is 13.7. The smallest absolute Gasteiger partial charge is 0.191 e. The summed E-state index contributed by atoms with van der Waals surface area (Å²) >= 11 is 1.48. The van der Waals surface area contributed by atoms with Crippen LogP contribution in [0.5, 0.6) is 0 Å². The van der Waals surface area contributed by atoms with Crippen LogP contribution in [0.4, 0.5) is 0 Å². The predicted octanol–water partition coefficient (Wildman–Crippen LogP) is 2.23. The third kappa shape index (κ3) is 5.89. The molecule has 22 heavy (non-hydrogen) atoms. The molecule has 1 heterocycles. The molecule has 0 bridgehead atoms. The summed E-state index contributed by atoms with van der Waals surface area (Å²) in [5, 5.41) is 9.50. The van der Waals surface area contributed by atoms with Crippen LogP contribution in [0.25, 0.3) is 0 Å². The van der Waals surface area contributed by atoms with Crippen LogP contribution in [0.1, 0.15) is 45.0 Å². The van der Waals surface area contributed by atoms with Crippen LogP contribution < -0.4 is 0 Å². The summed E-state index contributed by atoms with van der Waals surface area (Å²) in [5.74, 6) is 1.66. The molecule has 0 aliphatic heterocycles. The standard InChI is InChI=1S/C14H28N4O2S2/c1-6-8-9-18-13(12(7-2)17(3)4)15-16-14(18)21-10-11-22(5,19)20/h12H,6-11H2,1-5H3.